The van der Waals surface area contributed by atoms with Crippen LogP contribution in [0.2, 0.25) is 0 Å². The Kier molecular flexibility index (Phi) is 9.79. The van der Waals surface area contributed by atoms with Crippen LogP contribution in [0.3, 0.4) is 0 Å². The van der Waals surface area contributed by atoms with Crippen LogP contribution in [-0.4, -0.2) is 40.6 Å². The zero-order chi connectivity index (χ0) is 22.6. The van der Waals surface area contributed by atoms with E-state index in [1.807, 2.05) is 83.8 Å². The maximum atomic E-state index is 13.3. The lowest BCUT2D eigenvalue weighted by atomic mass is 10.2. The van der Waals surface area contributed by atoms with Gasteiger partial charge in [0.1, 0.15) is 0 Å². The fraction of sp³-hybridized carbons (Fsp3) is 0.333. The summed E-state index contributed by atoms with van der Waals surface area (Å²) < 4.78 is 0. The van der Waals surface area contributed by atoms with Gasteiger partial charge in [0, 0.05) is 0 Å². The summed E-state index contributed by atoms with van der Waals surface area (Å²) in [4.78, 5) is 23.1. The molecule has 0 N–H and O–H groups in total. The van der Waals surface area contributed by atoms with Gasteiger partial charge in [0.05, 0.1) is 17.3 Å². The first-order valence-corrected chi connectivity index (χ1v) is 12.3. The predicted molar refractivity (Wildman–Crippen MR) is 138 cm³/mol. The van der Waals surface area contributed by atoms with Crippen LogP contribution in [0.25, 0.3) is 6.08 Å². The number of hydrogen-bond acceptors (Lipinski definition) is 4. The number of hydrogen-bond donors (Lipinski definition) is 0. The molecular weight excluding hydrogens is 414 g/mol. The minimum absolute atomic E-state index is 0.0281. The van der Waals surface area contributed by atoms with Crippen molar-refractivity contribution in [3.05, 3.63) is 83.3 Å². The summed E-state index contributed by atoms with van der Waals surface area (Å²) in [5.74, 6) is 0.0281. The van der Waals surface area contributed by atoms with Crippen LogP contribution in [0, 0.1) is 0 Å². The van der Waals surface area contributed by atoms with Crippen LogP contribution in [0.4, 0.5) is 5.69 Å². The summed E-state index contributed by atoms with van der Waals surface area (Å²) >= 11 is 1.46. The van der Waals surface area contributed by atoms with Crippen molar-refractivity contribution in [2.75, 3.05) is 19.8 Å². The van der Waals surface area contributed by atoms with E-state index in [2.05, 4.69) is 18.7 Å². The third-order valence-electron chi connectivity index (χ3n) is 5.20. The van der Waals surface area contributed by atoms with Crippen molar-refractivity contribution < 1.29 is 4.79 Å². The number of amides is 1. The Morgan fingerprint density at radius 3 is 2.19 bits per heavy atom. The molecule has 0 unspecified atom stereocenters. The molecule has 1 saturated heterocycles. The highest BCUT2D eigenvalue weighted by Crippen LogP contribution is 2.33. The first kappa shape index (κ1) is 24.0. The van der Waals surface area contributed by atoms with Gasteiger partial charge in [-0.25, -0.2) is 4.99 Å². The summed E-state index contributed by atoms with van der Waals surface area (Å²) in [6.45, 7) is 6.98. The van der Waals surface area contributed by atoms with Crippen LogP contribution in [0.5, 0.6) is 0 Å². The van der Waals surface area contributed by atoms with Crippen molar-refractivity contribution in [3.63, 3.8) is 0 Å². The van der Waals surface area contributed by atoms with E-state index in [0.29, 0.717) is 11.6 Å². The summed E-state index contributed by atoms with van der Waals surface area (Å²) in [6, 6.07) is 20.0. The quantitative estimate of drug-likeness (QED) is 0.359. The molecule has 2 aromatic rings. The number of allylic oxidation sites excluding steroid dienone is 2. The normalized spacial score (nSPS) is 16.8. The molecule has 0 atom stereocenters. The highest BCUT2D eigenvalue weighted by molar-refractivity contribution is 8.18. The molecule has 0 radical (unpaired) electrons. The number of unbranched alkanes of at least 4 members (excludes halogenated alkanes) is 2. The van der Waals surface area contributed by atoms with E-state index in [-0.39, 0.29) is 5.91 Å². The first-order valence-electron chi connectivity index (χ1n) is 11.5. The lowest BCUT2D eigenvalue weighted by molar-refractivity contribution is -0.123. The molecule has 0 saturated carbocycles. The van der Waals surface area contributed by atoms with Gasteiger partial charge < -0.3 is 0 Å². The molecule has 2 aromatic carbocycles. The van der Waals surface area contributed by atoms with Gasteiger partial charge in [0.2, 0.25) is 0 Å². The second-order valence-electron chi connectivity index (χ2n) is 7.83. The number of carbonyl (C=O) groups excluding carboxylic acids is 1. The molecule has 0 aromatic heterocycles. The Morgan fingerprint density at radius 2 is 1.56 bits per heavy atom. The van der Waals surface area contributed by atoms with Crippen molar-refractivity contribution in [1.29, 1.82) is 0 Å². The van der Waals surface area contributed by atoms with E-state index in [9.17, 15) is 4.79 Å². The van der Waals surface area contributed by atoms with E-state index < -0.39 is 0 Å². The maximum absolute atomic E-state index is 13.3. The second kappa shape index (κ2) is 13.0. The lowest BCUT2D eigenvalue weighted by Gasteiger charge is -2.27. The van der Waals surface area contributed by atoms with E-state index >= 15 is 0 Å². The third kappa shape index (κ3) is 7.21. The molecule has 168 valence electrons. The maximum Gasteiger partial charge on any atom is 0.267 e. The summed E-state index contributed by atoms with van der Waals surface area (Å²) in [5, 5.41) is 0.749. The summed E-state index contributed by atoms with van der Waals surface area (Å²) in [7, 11) is 0. The van der Waals surface area contributed by atoms with Crippen LogP contribution >= 0.6 is 11.8 Å². The number of amidine groups is 1. The largest absolute Gasteiger partial charge is 0.286 e. The number of thioether (sulfide) groups is 1. The van der Waals surface area contributed by atoms with Gasteiger partial charge in [-0.2, -0.15) is 0 Å². The van der Waals surface area contributed by atoms with E-state index in [1.165, 1.54) is 11.8 Å². The fourth-order valence-corrected chi connectivity index (χ4v) is 4.31. The molecule has 5 heteroatoms. The molecule has 0 aliphatic carbocycles. The molecule has 0 spiro atoms. The van der Waals surface area contributed by atoms with Crippen molar-refractivity contribution >= 4 is 34.6 Å². The van der Waals surface area contributed by atoms with Gasteiger partial charge >= 0.3 is 0 Å². The van der Waals surface area contributed by atoms with E-state index in [4.69, 9.17) is 4.99 Å². The second-order valence-corrected chi connectivity index (χ2v) is 8.84. The number of benzene rings is 2. The molecule has 0 bridgehead atoms. The van der Waals surface area contributed by atoms with E-state index in [1.54, 1.807) is 0 Å². The van der Waals surface area contributed by atoms with Crippen molar-refractivity contribution in [2.24, 2.45) is 4.99 Å². The smallest absolute Gasteiger partial charge is 0.267 e. The number of carbonyl (C=O) groups is 1. The highest BCUT2D eigenvalue weighted by Gasteiger charge is 2.34. The van der Waals surface area contributed by atoms with Gasteiger partial charge in [0.25, 0.3) is 5.91 Å². The molecule has 32 heavy (non-hydrogen) atoms. The summed E-state index contributed by atoms with van der Waals surface area (Å²) in [5.41, 5.74) is 1.97. The zero-order valence-corrected chi connectivity index (χ0v) is 19.9. The van der Waals surface area contributed by atoms with E-state index in [0.717, 1.165) is 55.2 Å². The SMILES string of the molecule is CCCCN(CCCC)CN1C(=O)/C(=C\C=C\c2ccccc2)SC1=Nc1ccccc1. The molecular formula is C27H33N3OS. The van der Waals surface area contributed by atoms with Crippen molar-refractivity contribution in [3.8, 4) is 0 Å². The van der Waals surface area contributed by atoms with Gasteiger partial charge in [-0.15, -0.1) is 0 Å². The topological polar surface area (TPSA) is 35.9 Å². The first-order chi connectivity index (χ1) is 15.7. The van der Waals surface area contributed by atoms with Crippen LogP contribution in [-0.2, 0) is 4.79 Å². The Balaban J connectivity index is 1.83. The number of para-hydroxylation sites is 1. The number of rotatable bonds is 11. The number of aliphatic imine (C=N–C) groups is 1. The third-order valence-corrected chi connectivity index (χ3v) is 6.23. The highest BCUT2D eigenvalue weighted by atomic mass is 32.2. The van der Waals surface area contributed by atoms with Gasteiger partial charge in [-0.05, 0) is 61.5 Å². The van der Waals surface area contributed by atoms with Gasteiger partial charge in [0.15, 0.2) is 5.17 Å². The van der Waals surface area contributed by atoms with Crippen molar-refractivity contribution in [1.82, 2.24) is 9.80 Å². The van der Waals surface area contributed by atoms with Crippen LogP contribution in [0.1, 0.15) is 45.1 Å². The lowest BCUT2D eigenvalue weighted by Crippen LogP contribution is -2.41. The van der Waals surface area contributed by atoms with Gasteiger partial charge in [-0.3, -0.25) is 14.6 Å². The molecule has 1 heterocycles. The molecule has 1 aliphatic rings. The average molecular weight is 448 g/mol. The molecule has 1 fully saturated rings. The molecule has 3 rings (SSSR count). The van der Waals surface area contributed by atoms with Crippen LogP contribution < -0.4 is 0 Å². The van der Waals surface area contributed by atoms with Gasteiger partial charge in [-0.1, -0.05) is 87.4 Å². The monoisotopic (exact) mass is 447 g/mol. The Morgan fingerprint density at radius 1 is 0.938 bits per heavy atom. The fourth-order valence-electron chi connectivity index (χ4n) is 3.37. The minimum Gasteiger partial charge on any atom is -0.286 e. The zero-order valence-electron chi connectivity index (χ0n) is 19.1. The predicted octanol–water partition coefficient (Wildman–Crippen LogP) is 6.71. The molecule has 1 aliphatic heterocycles. The Labute approximate surface area is 196 Å². The number of nitrogens with zero attached hydrogens (tertiary/aromatic N) is 3. The van der Waals surface area contributed by atoms with Crippen LogP contribution in [0.15, 0.2) is 82.7 Å². The minimum atomic E-state index is 0.0281. The summed E-state index contributed by atoms with van der Waals surface area (Å²) in [6.07, 6.45) is 10.4. The molecule has 1 amide bonds. The Bertz CT molecular complexity index is 930. The van der Waals surface area contributed by atoms with Crippen molar-refractivity contribution in [2.45, 2.75) is 39.5 Å². The average Bonchev–Trinajstić information content (AvgIpc) is 3.11. The molecule has 4 nitrogen and oxygen atoms in total. The Hall–Kier alpha value is -2.63. The standard InChI is InChI=1S/C27H33N3OS/c1-3-5-20-29(21-6-4-2)22-30-26(31)25(19-13-16-23-14-9-7-10-15-23)32-27(30)28-24-17-11-8-12-18-24/h7-19H,3-6,20-22H2,1-2H3/b16-13+,25-19+,28-27?.